The fourth-order valence-electron chi connectivity index (χ4n) is 2.67. The SMILES string of the molecule is CCNC1CCCC1CCS(=O)C(C)C(C)C. The molecule has 0 heterocycles. The molecule has 0 aliphatic heterocycles. The second-order valence-corrected chi connectivity index (χ2v) is 7.59. The molecule has 3 heteroatoms. The minimum atomic E-state index is -0.638. The standard InChI is InChI=1S/C14H29NOS/c1-5-15-14-8-6-7-13(14)9-10-17(16)12(4)11(2)3/h11-15H,5-10H2,1-4H3. The second kappa shape index (κ2) is 7.52. The molecule has 4 unspecified atom stereocenters. The number of nitrogens with one attached hydrogen (secondary N) is 1. The van der Waals surface area contributed by atoms with Gasteiger partial charge >= 0.3 is 0 Å². The fourth-order valence-corrected chi connectivity index (χ4v) is 4.18. The summed E-state index contributed by atoms with van der Waals surface area (Å²) in [5.74, 6) is 2.19. The summed E-state index contributed by atoms with van der Waals surface area (Å²) in [7, 11) is -0.638. The van der Waals surface area contributed by atoms with Crippen LogP contribution in [0.3, 0.4) is 0 Å². The van der Waals surface area contributed by atoms with Gasteiger partial charge in [0.25, 0.3) is 0 Å². The Balaban J connectivity index is 2.32. The van der Waals surface area contributed by atoms with Crippen LogP contribution in [-0.4, -0.2) is 27.8 Å². The van der Waals surface area contributed by atoms with E-state index in [9.17, 15) is 4.21 Å². The average Bonchev–Trinajstić information content (AvgIpc) is 2.73. The van der Waals surface area contributed by atoms with E-state index in [0.717, 1.165) is 24.6 Å². The molecule has 0 aromatic rings. The van der Waals surface area contributed by atoms with Gasteiger partial charge in [-0.2, -0.15) is 0 Å². The molecule has 1 aliphatic carbocycles. The van der Waals surface area contributed by atoms with Crippen molar-refractivity contribution in [3.63, 3.8) is 0 Å². The Labute approximate surface area is 109 Å². The Kier molecular flexibility index (Phi) is 6.71. The highest BCUT2D eigenvalue weighted by atomic mass is 32.2. The Morgan fingerprint density at radius 1 is 1.29 bits per heavy atom. The van der Waals surface area contributed by atoms with Gasteiger partial charge in [0.1, 0.15) is 0 Å². The average molecular weight is 259 g/mol. The molecule has 2 nitrogen and oxygen atoms in total. The zero-order chi connectivity index (χ0) is 12.8. The van der Waals surface area contributed by atoms with Crippen LogP contribution >= 0.6 is 0 Å². The van der Waals surface area contributed by atoms with E-state index in [0.29, 0.717) is 17.2 Å². The molecule has 0 saturated heterocycles. The molecule has 1 aliphatic rings. The summed E-state index contributed by atoms with van der Waals surface area (Å²) in [6, 6.07) is 0.686. The van der Waals surface area contributed by atoms with Crippen LogP contribution in [0.2, 0.25) is 0 Å². The van der Waals surface area contributed by atoms with Gasteiger partial charge in [0.2, 0.25) is 0 Å². The van der Waals surface area contributed by atoms with Crippen LogP contribution in [0.15, 0.2) is 0 Å². The number of hydrogen-bond donors (Lipinski definition) is 1. The van der Waals surface area contributed by atoms with E-state index in [4.69, 9.17) is 0 Å². The fraction of sp³-hybridized carbons (Fsp3) is 1.00. The molecule has 4 atom stereocenters. The Morgan fingerprint density at radius 3 is 2.59 bits per heavy atom. The van der Waals surface area contributed by atoms with E-state index in [1.165, 1.54) is 19.3 Å². The van der Waals surface area contributed by atoms with Gasteiger partial charge in [0.05, 0.1) is 0 Å². The molecule has 0 spiro atoms. The number of hydrogen-bond acceptors (Lipinski definition) is 2. The van der Waals surface area contributed by atoms with Gasteiger partial charge in [-0.15, -0.1) is 0 Å². The van der Waals surface area contributed by atoms with Crippen LogP contribution in [0, 0.1) is 11.8 Å². The van der Waals surface area contributed by atoms with Crippen LogP contribution < -0.4 is 5.32 Å². The zero-order valence-electron chi connectivity index (χ0n) is 11.9. The largest absolute Gasteiger partial charge is 0.314 e. The predicted molar refractivity (Wildman–Crippen MR) is 76.7 cm³/mol. The van der Waals surface area contributed by atoms with Gasteiger partial charge in [-0.05, 0) is 37.6 Å². The first-order valence-corrected chi connectivity index (χ1v) is 8.55. The summed E-state index contributed by atoms with van der Waals surface area (Å²) in [6.07, 6.45) is 5.12. The van der Waals surface area contributed by atoms with Gasteiger partial charge in [-0.25, -0.2) is 0 Å². The van der Waals surface area contributed by atoms with Crippen molar-refractivity contribution in [1.29, 1.82) is 0 Å². The Hall–Kier alpha value is 0.110. The van der Waals surface area contributed by atoms with Crippen molar-refractivity contribution < 1.29 is 4.21 Å². The maximum absolute atomic E-state index is 12.1. The first-order chi connectivity index (χ1) is 8.06. The smallest absolute Gasteiger partial charge is 0.0342 e. The van der Waals surface area contributed by atoms with Crippen molar-refractivity contribution in [3.8, 4) is 0 Å². The predicted octanol–water partition coefficient (Wildman–Crippen LogP) is 2.95. The highest BCUT2D eigenvalue weighted by Crippen LogP contribution is 2.29. The highest BCUT2D eigenvalue weighted by molar-refractivity contribution is 7.85. The minimum Gasteiger partial charge on any atom is -0.314 e. The lowest BCUT2D eigenvalue weighted by Gasteiger charge is -2.21. The van der Waals surface area contributed by atoms with Crippen LogP contribution in [0.4, 0.5) is 0 Å². The summed E-state index contributed by atoms with van der Waals surface area (Å²) in [6.45, 7) is 9.69. The molecule has 1 fully saturated rings. The highest BCUT2D eigenvalue weighted by Gasteiger charge is 2.27. The quantitative estimate of drug-likeness (QED) is 0.761. The molecule has 1 saturated carbocycles. The first-order valence-electron chi connectivity index (χ1n) is 7.16. The van der Waals surface area contributed by atoms with Gasteiger partial charge in [0, 0.05) is 27.8 Å². The van der Waals surface area contributed by atoms with E-state index in [-0.39, 0.29) is 0 Å². The topological polar surface area (TPSA) is 29.1 Å². The van der Waals surface area contributed by atoms with Crippen LogP contribution in [0.1, 0.15) is 53.4 Å². The zero-order valence-corrected chi connectivity index (χ0v) is 12.7. The van der Waals surface area contributed by atoms with E-state index in [2.05, 4.69) is 33.0 Å². The summed E-state index contributed by atoms with van der Waals surface area (Å²) in [4.78, 5) is 0. The van der Waals surface area contributed by atoms with Crippen LogP contribution in [0.5, 0.6) is 0 Å². The van der Waals surface area contributed by atoms with Crippen molar-refractivity contribution in [3.05, 3.63) is 0 Å². The van der Waals surface area contributed by atoms with Gasteiger partial charge < -0.3 is 5.32 Å². The van der Waals surface area contributed by atoms with Crippen LogP contribution in [-0.2, 0) is 10.8 Å². The molecule has 0 aromatic heterocycles. The monoisotopic (exact) mass is 259 g/mol. The van der Waals surface area contributed by atoms with E-state index >= 15 is 0 Å². The lowest BCUT2D eigenvalue weighted by Crippen LogP contribution is -2.33. The molecule has 102 valence electrons. The maximum atomic E-state index is 12.1. The third-order valence-corrected chi connectivity index (χ3v) is 6.18. The molecule has 1 rings (SSSR count). The summed E-state index contributed by atoms with van der Waals surface area (Å²) in [5.41, 5.74) is 0. The van der Waals surface area contributed by atoms with E-state index in [1.807, 2.05) is 0 Å². The third kappa shape index (κ3) is 4.70. The van der Waals surface area contributed by atoms with E-state index < -0.39 is 10.8 Å². The van der Waals surface area contributed by atoms with Crippen LogP contribution in [0.25, 0.3) is 0 Å². The van der Waals surface area contributed by atoms with E-state index in [1.54, 1.807) is 0 Å². The maximum Gasteiger partial charge on any atom is 0.0342 e. The third-order valence-electron chi connectivity index (χ3n) is 4.17. The van der Waals surface area contributed by atoms with Crippen molar-refractivity contribution in [2.24, 2.45) is 11.8 Å². The van der Waals surface area contributed by atoms with Crippen molar-refractivity contribution >= 4 is 10.8 Å². The Morgan fingerprint density at radius 2 is 2.00 bits per heavy atom. The normalized spacial score (nSPS) is 28.5. The first kappa shape index (κ1) is 15.2. The minimum absolute atomic E-state index is 0.342. The molecular weight excluding hydrogens is 230 g/mol. The second-order valence-electron chi connectivity index (χ2n) is 5.68. The molecule has 0 amide bonds. The molecule has 17 heavy (non-hydrogen) atoms. The molecule has 0 aromatic carbocycles. The lowest BCUT2D eigenvalue weighted by molar-refractivity contribution is 0.399. The van der Waals surface area contributed by atoms with Gasteiger partial charge in [0.15, 0.2) is 0 Å². The molecule has 0 bridgehead atoms. The van der Waals surface area contributed by atoms with Gasteiger partial charge in [-0.1, -0.05) is 34.1 Å². The van der Waals surface area contributed by atoms with Crippen molar-refractivity contribution in [2.75, 3.05) is 12.3 Å². The van der Waals surface area contributed by atoms with Crippen molar-refractivity contribution in [1.82, 2.24) is 5.32 Å². The summed E-state index contributed by atoms with van der Waals surface area (Å²) < 4.78 is 12.1. The summed E-state index contributed by atoms with van der Waals surface area (Å²) >= 11 is 0. The molecular formula is C14H29NOS. The van der Waals surface area contributed by atoms with Crippen molar-refractivity contribution in [2.45, 2.75) is 64.7 Å². The lowest BCUT2D eigenvalue weighted by atomic mass is 10.0. The van der Waals surface area contributed by atoms with Gasteiger partial charge in [-0.3, -0.25) is 4.21 Å². The summed E-state index contributed by atoms with van der Waals surface area (Å²) in [5, 5.41) is 3.91. The Bertz CT molecular complexity index is 242. The number of rotatable bonds is 7. The molecule has 1 N–H and O–H groups in total. The molecule has 0 radical (unpaired) electrons.